The van der Waals surface area contributed by atoms with Crippen molar-refractivity contribution in [2.45, 2.75) is 30.4 Å². The Bertz CT molecular complexity index is 340. The molecule has 1 N–H and O–H groups in total. The molecule has 2 nitrogen and oxygen atoms in total. The molecule has 0 spiro atoms. The van der Waals surface area contributed by atoms with E-state index in [-0.39, 0.29) is 0 Å². The molecule has 82 valence electrons. The van der Waals surface area contributed by atoms with Crippen LogP contribution in [0.15, 0.2) is 23.1 Å². The minimum absolute atomic E-state index is 0.638. The van der Waals surface area contributed by atoms with Crippen LogP contribution in [-0.4, -0.2) is 18.4 Å². The van der Waals surface area contributed by atoms with Crippen LogP contribution in [0.1, 0.15) is 20.3 Å². The lowest BCUT2D eigenvalue weighted by Crippen LogP contribution is -2.19. The molecule has 0 amide bonds. The van der Waals surface area contributed by atoms with E-state index in [9.17, 15) is 0 Å². The van der Waals surface area contributed by atoms with Gasteiger partial charge in [0.05, 0.1) is 12.3 Å². The van der Waals surface area contributed by atoms with Crippen molar-refractivity contribution in [3.8, 4) is 5.75 Å². The number of hydrogen-bond acceptors (Lipinski definition) is 3. The summed E-state index contributed by atoms with van der Waals surface area (Å²) >= 11 is 1.92. The molecule has 1 unspecified atom stereocenters. The second-order valence-corrected chi connectivity index (χ2v) is 5.27. The maximum atomic E-state index is 5.71. The monoisotopic (exact) mass is 223 g/mol. The van der Waals surface area contributed by atoms with Gasteiger partial charge in [-0.05, 0) is 18.6 Å². The highest BCUT2D eigenvalue weighted by Crippen LogP contribution is 2.40. The van der Waals surface area contributed by atoms with Gasteiger partial charge in [-0.3, -0.25) is 0 Å². The lowest BCUT2D eigenvalue weighted by Gasteiger charge is -2.24. The molecule has 1 atom stereocenters. The highest BCUT2D eigenvalue weighted by atomic mass is 32.2. The third-order valence-electron chi connectivity index (χ3n) is 2.34. The van der Waals surface area contributed by atoms with Gasteiger partial charge in [0.1, 0.15) is 5.75 Å². The number of benzene rings is 1. The van der Waals surface area contributed by atoms with Crippen molar-refractivity contribution in [2.24, 2.45) is 0 Å². The minimum atomic E-state index is 0.638. The first-order chi connectivity index (χ1) is 7.31. The Hall–Kier alpha value is -0.830. The van der Waals surface area contributed by atoms with E-state index in [0.717, 1.165) is 25.3 Å². The van der Waals surface area contributed by atoms with E-state index in [1.54, 1.807) is 0 Å². The molecule has 1 aliphatic rings. The van der Waals surface area contributed by atoms with E-state index in [4.69, 9.17) is 4.74 Å². The molecular formula is C12H17NOS. The van der Waals surface area contributed by atoms with Crippen LogP contribution >= 0.6 is 11.8 Å². The number of hydrogen-bond donors (Lipinski definition) is 1. The van der Waals surface area contributed by atoms with Crippen LogP contribution in [0.4, 0.5) is 5.69 Å². The Balaban J connectivity index is 2.21. The molecule has 0 radical (unpaired) electrons. The predicted molar refractivity (Wildman–Crippen MR) is 66.0 cm³/mol. The van der Waals surface area contributed by atoms with Crippen LogP contribution < -0.4 is 10.1 Å². The van der Waals surface area contributed by atoms with Crippen LogP contribution in [0, 0.1) is 0 Å². The van der Waals surface area contributed by atoms with Crippen molar-refractivity contribution in [1.82, 2.24) is 0 Å². The van der Waals surface area contributed by atoms with Gasteiger partial charge in [-0.25, -0.2) is 0 Å². The summed E-state index contributed by atoms with van der Waals surface area (Å²) in [4.78, 5) is 1.31. The zero-order chi connectivity index (χ0) is 10.7. The topological polar surface area (TPSA) is 21.3 Å². The van der Waals surface area contributed by atoms with Gasteiger partial charge in [0.25, 0.3) is 0 Å². The standard InChI is InChI=1S/C12H17NOS/c1-3-7-14-10-5-4-6-11-12(10)13-8-9(2)15-11/h4-6,9,13H,3,7-8H2,1-2H3. The van der Waals surface area contributed by atoms with E-state index < -0.39 is 0 Å². The number of para-hydroxylation sites is 1. The lowest BCUT2D eigenvalue weighted by atomic mass is 10.2. The summed E-state index contributed by atoms with van der Waals surface area (Å²) in [5.41, 5.74) is 1.18. The number of ether oxygens (including phenoxy) is 1. The van der Waals surface area contributed by atoms with Gasteiger partial charge < -0.3 is 10.1 Å². The zero-order valence-electron chi connectivity index (χ0n) is 9.25. The molecule has 1 aromatic rings. The fourth-order valence-electron chi connectivity index (χ4n) is 1.62. The number of fused-ring (bicyclic) bond motifs is 1. The maximum absolute atomic E-state index is 5.71. The second kappa shape index (κ2) is 4.79. The smallest absolute Gasteiger partial charge is 0.143 e. The van der Waals surface area contributed by atoms with E-state index in [1.807, 2.05) is 17.8 Å². The van der Waals surface area contributed by atoms with Crippen molar-refractivity contribution in [3.63, 3.8) is 0 Å². The Morgan fingerprint density at radius 2 is 2.40 bits per heavy atom. The van der Waals surface area contributed by atoms with Crippen molar-refractivity contribution in [1.29, 1.82) is 0 Å². The van der Waals surface area contributed by atoms with Crippen molar-refractivity contribution in [3.05, 3.63) is 18.2 Å². The molecule has 0 saturated carbocycles. The SMILES string of the molecule is CCCOc1cccc2c1NCC(C)S2. The second-order valence-electron chi connectivity index (χ2n) is 3.79. The summed E-state index contributed by atoms with van der Waals surface area (Å²) in [6, 6.07) is 6.26. The maximum Gasteiger partial charge on any atom is 0.143 e. The van der Waals surface area contributed by atoms with Crippen LogP contribution in [0.5, 0.6) is 5.75 Å². The first-order valence-electron chi connectivity index (χ1n) is 5.47. The van der Waals surface area contributed by atoms with E-state index in [1.165, 1.54) is 10.6 Å². The molecule has 3 heteroatoms. The van der Waals surface area contributed by atoms with Crippen LogP contribution in [0.25, 0.3) is 0 Å². The first kappa shape index (κ1) is 10.7. The fourth-order valence-corrected chi connectivity index (χ4v) is 2.67. The number of thioether (sulfide) groups is 1. The van der Waals surface area contributed by atoms with Gasteiger partial charge in [-0.15, -0.1) is 11.8 Å². The number of nitrogens with one attached hydrogen (secondary N) is 1. The molecule has 0 bridgehead atoms. The van der Waals surface area contributed by atoms with Crippen LogP contribution in [0.2, 0.25) is 0 Å². The molecule has 15 heavy (non-hydrogen) atoms. The molecule has 1 aromatic carbocycles. The van der Waals surface area contributed by atoms with E-state index in [2.05, 4.69) is 31.3 Å². The third kappa shape index (κ3) is 2.40. The fraction of sp³-hybridized carbons (Fsp3) is 0.500. The van der Waals surface area contributed by atoms with Gasteiger partial charge in [0, 0.05) is 16.7 Å². The Labute approximate surface area is 95.4 Å². The van der Waals surface area contributed by atoms with E-state index in [0.29, 0.717) is 5.25 Å². The number of rotatable bonds is 3. The van der Waals surface area contributed by atoms with Gasteiger partial charge in [-0.2, -0.15) is 0 Å². The predicted octanol–water partition coefficient (Wildman–Crippen LogP) is 3.38. The quantitative estimate of drug-likeness (QED) is 0.848. The Kier molecular flexibility index (Phi) is 3.41. The molecule has 0 aliphatic carbocycles. The summed E-state index contributed by atoms with van der Waals surface area (Å²) in [5.74, 6) is 0.994. The molecule has 0 aromatic heterocycles. The van der Waals surface area contributed by atoms with Gasteiger partial charge in [0.15, 0.2) is 0 Å². The highest BCUT2D eigenvalue weighted by molar-refractivity contribution is 8.00. The summed E-state index contributed by atoms with van der Waals surface area (Å²) in [6.45, 7) is 6.17. The summed E-state index contributed by atoms with van der Waals surface area (Å²) < 4.78 is 5.71. The average molecular weight is 223 g/mol. The first-order valence-corrected chi connectivity index (χ1v) is 6.35. The Morgan fingerprint density at radius 3 is 3.20 bits per heavy atom. The van der Waals surface area contributed by atoms with Crippen molar-refractivity contribution >= 4 is 17.4 Å². The molecule has 1 aliphatic heterocycles. The molecule has 0 saturated heterocycles. The van der Waals surface area contributed by atoms with Crippen LogP contribution in [-0.2, 0) is 0 Å². The van der Waals surface area contributed by atoms with Crippen molar-refractivity contribution in [2.75, 3.05) is 18.5 Å². The van der Waals surface area contributed by atoms with Gasteiger partial charge >= 0.3 is 0 Å². The number of anilines is 1. The lowest BCUT2D eigenvalue weighted by molar-refractivity contribution is 0.318. The van der Waals surface area contributed by atoms with E-state index >= 15 is 0 Å². The van der Waals surface area contributed by atoms with Crippen LogP contribution in [0.3, 0.4) is 0 Å². The molecule has 1 heterocycles. The average Bonchev–Trinajstić information content (AvgIpc) is 2.25. The van der Waals surface area contributed by atoms with Crippen molar-refractivity contribution < 1.29 is 4.74 Å². The van der Waals surface area contributed by atoms with Gasteiger partial charge in [-0.1, -0.05) is 19.9 Å². The Morgan fingerprint density at radius 1 is 1.53 bits per heavy atom. The normalized spacial score (nSPS) is 19.2. The highest BCUT2D eigenvalue weighted by Gasteiger charge is 2.18. The minimum Gasteiger partial charge on any atom is -0.491 e. The molecule has 2 rings (SSSR count). The zero-order valence-corrected chi connectivity index (χ0v) is 10.1. The molecular weight excluding hydrogens is 206 g/mol. The summed E-state index contributed by atoms with van der Waals surface area (Å²) in [6.07, 6.45) is 1.05. The molecule has 0 fully saturated rings. The third-order valence-corrected chi connectivity index (χ3v) is 3.51. The van der Waals surface area contributed by atoms with Gasteiger partial charge in [0.2, 0.25) is 0 Å². The summed E-state index contributed by atoms with van der Waals surface area (Å²) in [7, 11) is 0. The summed E-state index contributed by atoms with van der Waals surface area (Å²) in [5, 5.41) is 4.08. The largest absolute Gasteiger partial charge is 0.491 e.